The van der Waals surface area contributed by atoms with E-state index in [4.69, 9.17) is 4.74 Å². The van der Waals surface area contributed by atoms with E-state index in [-0.39, 0.29) is 0 Å². The third-order valence-corrected chi connectivity index (χ3v) is 2.26. The fourth-order valence-corrected chi connectivity index (χ4v) is 1.50. The topological polar surface area (TPSA) is 62.6 Å². The van der Waals surface area contributed by atoms with Crippen LogP contribution in [0.5, 0.6) is 5.75 Å². The fraction of sp³-hybridized carbons (Fsp3) is 0.100. The molecule has 0 atom stereocenters. The average molecular weight is 203 g/mol. The molecule has 0 bridgehead atoms. The van der Waals surface area contributed by atoms with Gasteiger partial charge in [-0.2, -0.15) is 0 Å². The molecule has 1 heterocycles. The summed E-state index contributed by atoms with van der Waals surface area (Å²) in [5.74, 6) is 0.664. The van der Waals surface area contributed by atoms with Crippen LogP contribution in [0.1, 0.15) is 0 Å². The lowest BCUT2D eigenvalue weighted by Gasteiger charge is -2.06. The largest absolute Gasteiger partial charge is 0.497 e. The van der Waals surface area contributed by atoms with Crippen LogP contribution in [0.4, 0.5) is 0 Å². The Hall–Kier alpha value is -1.59. The Bertz CT molecular complexity index is 487. The fourth-order valence-electron chi connectivity index (χ4n) is 1.50. The quantitative estimate of drug-likeness (QED) is 0.670. The van der Waals surface area contributed by atoms with E-state index in [9.17, 15) is 10.0 Å². The first-order valence-corrected chi connectivity index (χ1v) is 4.51. The van der Waals surface area contributed by atoms with Gasteiger partial charge >= 0.3 is 7.12 Å². The van der Waals surface area contributed by atoms with Crippen molar-refractivity contribution >= 4 is 23.5 Å². The zero-order valence-corrected chi connectivity index (χ0v) is 8.21. The van der Waals surface area contributed by atoms with Crippen molar-refractivity contribution < 1.29 is 14.8 Å². The molecule has 1 aromatic carbocycles. The standard InChI is InChI=1S/C10H10BNO3/c1-15-7-2-3-10-8(6-7)9(11(13)14)4-5-12-10/h2-6,13-14H,1H3. The molecule has 0 saturated carbocycles. The zero-order valence-electron chi connectivity index (χ0n) is 8.21. The van der Waals surface area contributed by atoms with Crippen molar-refractivity contribution in [3.05, 3.63) is 30.5 Å². The number of methoxy groups -OCH3 is 1. The Labute approximate surface area is 87.3 Å². The monoisotopic (exact) mass is 203 g/mol. The Kier molecular flexibility index (Phi) is 2.57. The zero-order chi connectivity index (χ0) is 10.8. The molecule has 0 unspecified atom stereocenters. The molecule has 1 aromatic heterocycles. The maximum absolute atomic E-state index is 9.17. The molecular weight excluding hydrogens is 193 g/mol. The number of pyridine rings is 1. The molecule has 5 heteroatoms. The minimum atomic E-state index is -1.50. The molecule has 0 aliphatic rings. The van der Waals surface area contributed by atoms with Gasteiger partial charge in [-0.3, -0.25) is 4.98 Å². The summed E-state index contributed by atoms with van der Waals surface area (Å²) in [7, 11) is 0.0645. The molecule has 0 saturated heterocycles. The van der Waals surface area contributed by atoms with Crippen LogP contribution in [0.2, 0.25) is 0 Å². The summed E-state index contributed by atoms with van der Waals surface area (Å²) in [4.78, 5) is 4.12. The van der Waals surface area contributed by atoms with Crippen LogP contribution < -0.4 is 10.2 Å². The summed E-state index contributed by atoms with van der Waals surface area (Å²) in [6.07, 6.45) is 1.55. The van der Waals surface area contributed by atoms with Crippen molar-refractivity contribution in [3.8, 4) is 5.75 Å². The molecule has 15 heavy (non-hydrogen) atoms. The Morgan fingerprint density at radius 2 is 2.07 bits per heavy atom. The third-order valence-electron chi connectivity index (χ3n) is 2.26. The molecule has 0 radical (unpaired) electrons. The lowest BCUT2D eigenvalue weighted by molar-refractivity contribution is 0.415. The maximum atomic E-state index is 9.17. The van der Waals surface area contributed by atoms with Crippen LogP contribution in [-0.2, 0) is 0 Å². The summed E-state index contributed by atoms with van der Waals surface area (Å²) in [5, 5.41) is 19.0. The van der Waals surface area contributed by atoms with Gasteiger partial charge in [-0.1, -0.05) is 0 Å². The van der Waals surface area contributed by atoms with E-state index in [1.54, 1.807) is 37.6 Å². The van der Waals surface area contributed by atoms with Crippen LogP contribution >= 0.6 is 0 Å². The van der Waals surface area contributed by atoms with E-state index in [0.29, 0.717) is 22.1 Å². The van der Waals surface area contributed by atoms with Crippen molar-refractivity contribution in [2.75, 3.05) is 7.11 Å². The van der Waals surface area contributed by atoms with Gasteiger partial charge < -0.3 is 14.8 Å². The molecule has 2 aromatic rings. The van der Waals surface area contributed by atoms with E-state index in [0.717, 1.165) is 0 Å². The Balaban J connectivity index is 2.70. The Morgan fingerprint density at radius 1 is 1.27 bits per heavy atom. The second kappa shape index (κ2) is 3.88. The highest BCUT2D eigenvalue weighted by Crippen LogP contribution is 2.17. The lowest BCUT2D eigenvalue weighted by atomic mass is 9.78. The number of hydrogen-bond donors (Lipinski definition) is 2. The van der Waals surface area contributed by atoms with E-state index >= 15 is 0 Å². The van der Waals surface area contributed by atoms with Crippen molar-refractivity contribution in [1.82, 2.24) is 4.98 Å². The number of hydrogen-bond acceptors (Lipinski definition) is 4. The number of fused-ring (bicyclic) bond motifs is 1. The van der Waals surface area contributed by atoms with E-state index in [1.165, 1.54) is 0 Å². The smallest absolute Gasteiger partial charge is 0.489 e. The molecule has 0 spiro atoms. The second-order valence-corrected chi connectivity index (χ2v) is 3.16. The SMILES string of the molecule is COc1ccc2nccc(B(O)O)c2c1. The van der Waals surface area contributed by atoms with Gasteiger partial charge in [0.1, 0.15) is 5.75 Å². The van der Waals surface area contributed by atoms with Gasteiger partial charge in [-0.15, -0.1) is 0 Å². The molecule has 0 aliphatic carbocycles. The van der Waals surface area contributed by atoms with E-state index in [1.807, 2.05) is 0 Å². The second-order valence-electron chi connectivity index (χ2n) is 3.16. The highest BCUT2D eigenvalue weighted by Gasteiger charge is 2.15. The van der Waals surface area contributed by atoms with Gasteiger partial charge in [0.25, 0.3) is 0 Å². The molecule has 0 aliphatic heterocycles. The number of rotatable bonds is 2. The number of ether oxygens (including phenoxy) is 1. The normalized spacial score (nSPS) is 10.3. The van der Waals surface area contributed by atoms with Crippen molar-refractivity contribution in [2.24, 2.45) is 0 Å². The first kappa shape index (κ1) is 9.95. The van der Waals surface area contributed by atoms with Gasteiger partial charge in [-0.25, -0.2) is 0 Å². The van der Waals surface area contributed by atoms with Gasteiger partial charge in [-0.05, 0) is 29.7 Å². The predicted octanol–water partition coefficient (Wildman–Crippen LogP) is -0.0768. The average Bonchev–Trinajstić information content (AvgIpc) is 2.27. The van der Waals surface area contributed by atoms with Gasteiger partial charge in [0.2, 0.25) is 0 Å². The Morgan fingerprint density at radius 3 is 2.73 bits per heavy atom. The van der Waals surface area contributed by atoms with Crippen molar-refractivity contribution in [2.45, 2.75) is 0 Å². The highest BCUT2D eigenvalue weighted by molar-refractivity contribution is 6.61. The summed E-state index contributed by atoms with van der Waals surface area (Å²) < 4.78 is 5.07. The minimum absolute atomic E-state index is 0.430. The summed E-state index contributed by atoms with van der Waals surface area (Å²) in [6, 6.07) is 6.87. The highest BCUT2D eigenvalue weighted by atomic mass is 16.5. The molecule has 0 amide bonds. The van der Waals surface area contributed by atoms with Crippen LogP contribution in [-0.4, -0.2) is 29.3 Å². The minimum Gasteiger partial charge on any atom is -0.497 e. The summed E-state index contributed by atoms with van der Waals surface area (Å²) in [5.41, 5.74) is 1.14. The van der Waals surface area contributed by atoms with Crippen molar-refractivity contribution in [3.63, 3.8) is 0 Å². The van der Waals surface area contributed by atoms with Crippen LogP contribution in [0.15, 0.2) is 30.5 Å². The predicted molar refractivity (Wildman–Crippen MR) is 58.1 cm³/mol. The number of nitrogens with zero attached hydrogens (tertiary/aromatic N) is 1. The molecule has 76 valence electrons. The third kappa shape index (κ3) is 1.79. The summed E-state index contributed by atoms with van der Waals surface area (Å²) in [6.45, 7) is 0. The van der Waals surface area contributed by atoms with E-state index in [2.05, 4.69) is 4.98 Å². The molecular formula is C10H10BNO3. The molecule has 2 N–H and O–H groups in total. The molecule has 4 nitrogen and oxygen atoms in total. The van der Waals surface area contributed by atoms with Gasteiger partial charge in [0.05, 0.1) is 12.6 Å². The van der Waals surface area contributed by atoms with Gasteiger partial charge in [0, 0.05) is 11.6 Å². The van der Waals surface area contributed by atoms with Crippen LogP contribution in [0.3, 0.4) is 0 Å². The van der Waals surface area contributed by atoms with E-state index < -0.39 is 7.12 Å². The summed E-state index contributed by atoms with van der Waals surface area (Å²) >= 11 is 0. The first-order valence-electron chi connectivity index (χ1n) is 4.51. The van der Waals surface area contributed by atoms with Crippen LogP contribution in [0, 0.1) is 0 Å². The number of aromatic nitrogens is 1. The first-order chi connectivity index (χ1) is 7.22. The molecule has 2 rings (SSSR count). The van der Waals surface area contributed by atoms with Crippen LogP contribution in [0.25, 0.3) is 10.9 Å². The maximum Gasteiger partial charge on any atom is 0.489 e. The molecule has 0 fully saturated rings. The van der Waals surface area contributed by atoms with Crippen molar-refractivity contribution in [1.29, 1.82) is 0 Å². The van der Waals surface area contributed by atoms with Gasteiger partial charge in [0.15, 0.2) is 0 Å². The number of benzene rings is 1. The lowest BCUT2D eigenvalue weighted by Crippen LogP contribution is -2.30.